The summed E-state index contributed by atoms with van der Waals surface area (Å²) in [6.45, 7) is 0. The van der Waals surface area contributed by atoms with Crippen molar-refractivity contribution in [3.63, 3.8) is 0 Å². The maximum atomic E-state index is 10.2. The summed E-state index contributed by atoms with van der Waals surface area (Å²) >= 11 is 1.52. The predicted molar refractivity (Wildman–Crippen MR) is 116 cm³/mol. The number of phenolic OH excluding ortho intramolecular Hbond substituents is 1. The van der Waals surface area contributed by atoms with E-state index in [-0.39, 0.29) is 5.75 Å². The second kappa shape index (κ2) is 8.03. The molecule has 0 radical (unpaired) electrons. The minimum Gasteiger partial charge on any atom is -0.504 e. The quantitative estimate of drug-likeness (QED) is 0.448. The first-order valence-corrected chi connectivity index (χ1v) is 9.87. The summed E-state index contributed by atoms with van der Waals surface area (Å²) in [7, 11) is 6.22. The predicted octanol–water partition coefficient (Wildman–Crippen LogP) is 4.55. The second-order valence-corrected chi connectivity index (χ2v) is 7.16. The van der Waals surface area contributed by atoms with Crippen molar-refractivity contribution >= 4 is 27.8 Å². The fourth-order valence-electron chi connectivity index (χ4n) is 3.23. The van der Waals surface area contributed by atoms with Gasteiger partial charge in [0.1, 0.15) is 11.5 Å². The molecule has 30 heavy (non-hydrogen) atoms. The molecule has 4 aromatic rings. The molecule has 0 unspecified atom stereocenters. The van der Waals surface area contributed by atoms with E-state index >= 15 is 0 Å². The number of methoxy groups -OCH3 is 4. The van der Waals surface area contributed by atoms with Gasteiger partial charge in [0, 0.05) is 35.0 Å². The van der Waals surface area contributed by atoms with Gasteiger partial charge in [-0.3, -0.25) is 4.40 Å². The van der Waals surface area contributed by atoms with Crippen LogP contribution in [0, 0.1) is 0 Å². The fraction of sp³-hybridized carbons (Fsp3) is 0.190. The van der Waals surface area contributed by atoms with E-state index in [9.17, 15) is 5.11 Å². The summed E-state index contributed by atoms with van der Waals surface area (Å²) in [5.74, 6) is 2.78. The molecule has 0 saturated carbocycles. The first kappa shape index (κ1) is 19.7. The van der Waals surface area contributed by atoms with Crippen molar-refractivity contribution in [1.82, 2.24) is 9.38 Å². The number of ether oxygens (including phenoxy) is 4. The van der Waals surface area contributed by atoms with Crippen LogP contribution in [0.2, 0.25) is 0 Å². The first-order valence-electron chi connectivity index (χ1n) is 8.99. The summed E-state index contributed by atoms with van der Waals surface area (Å²) in [4.78, 5) is 5.55. The Morgan fingerprint density at radius 1 is 0.933 bits per heavy atom. The van der Waals surface area contributed by atoms with Gasteiger partial charge in [0.2, 0.25) is 5.75 Å². The van der Waals surface area contributed by atoms with Crippen LogP contribution in [0.5, 0.6) is 28.7 Å². The highest BCUT2D eigenvalue weighted by Gasteiger charge is 2.19. The molecule has 0 saturated heterocycles. The summed E-state index contributed by atoms with van der Waals surface area (Å²) < 4.78 is 23.4. The van der Waals surface area contributed by atoms with Gasteiger partial charge in [0.15, 0.2) is 28.0 Å². The SMILES string of the molecule is COc1ccc(-c2nc3sccn3c2Nc2cc(OC)c(OC)c(OC)c2)cc1O. The maximum Gasteiger partial charge on any atom is 0.203 e. The molecule has 156 valence electrons. The number of imidazole rings is 1. The van der Waals surface area contributed by atoms with Gasteiger partial charge in [-0.1, -0.05) is 0 Å². The Morgan fingerprint density at radius 3 is 2.23 bits per heavy atom. The third kappa shape index (κ3) is 3.33. The summed E-state index contributed by atoms with van der Waals surface area (Å²) in [5, 5.41) is 15.6. The minimum absolute atomic E-state index is 0.0464. The molecule has 0 amide bonds. The van der Waals surface area contributed by atoms with Gasteiger partial charge in [-0.2, -0.15) is 0 Å². The molecule has 2 N–H and O–H groups in total. The van der Waals surface area contributed by atoms with Crippen LogP contribution in [0.4, 0.5) is 11.5 Å². The van der Waals surface area contributed by atoms with Crippen LogP contribution in [0.15, 0.2) is 41.9 Å². The summed E-state index contributed by atoms with van der Waals surface area (Å²) in [6.07, 6.45) is 1.93. The highest BCUT2D eigenvalue weighted by atomic mass is 32.1. The zero-order valence-corrected chi connectivity index (χ0v) is 17.7. The van der Waals surface area contributed by atoms with E-state index in [1.54, 1.807) is 33.5 Å². The molecule has 0 bridgehead atoms. The molecular formula is C21H21N3O5S. The van der Waals surface area contributed by atoms with Crippen LogP contribution in [-0.4, -0.2) is 42.9 Å². The highest BCUT2D eigenvalue weighted by Crippen LogP contribution is 2.42. The molecule has 0 aliphatic carbocycles. The number of aromatic hydroxyl groups is 1. The number of hydrogen-bond donors (Lipinski definition) is 2. The van der Waals surface area contributed by atoms with Crippen molar-refractivity contribution in [3.8, 4) is 40.0 Å². The number of benzene rings is 2. The van der Waals surface area contributed by atoms with E-state index in [1.165, 1.54) is 18.4 Å². The lowest BCUT2D eigenvalue weighted by Gasteiger charge is -2.15. The van der Waals surface area contributed by atoms with E-state index in [2.05, 4.69) is 5.32 Å². The van der Waals surface area contributed by atoms with Crippen molar-refractivity contribution in [2.75, 3.05) is 33.8 Å². The molecule has 2 aromatic carbocycles. The maximum absolute atomic E-state index is 10.2. The van der Waals surface area contributed by atoms with Crippen LogP contribution in [0.3, 0.4) is 0 Å². The van der Waals surface area contributed by atoms with Crippen molar-refractivity contribution in [3.05, 3.63) is 41.9 Å². The number of phenols is 1. The monoisotopic (exact) mass is 427 g/mol. The number of fused-ring (bicyclic) bond motifs is 1. The number of aromatic nitrogens is 2. The second-order valence-electron chi connectivity index (χ2n) is 6.29. The molecule has 0 aliphatic heterocycles. The van der Waals surface area contributed by atoms with Gasteiger partial charge in [-0.15, -0.1) is 11.3 Å². The fourth-order valence-corrected chi connectivity index (χ4v) is 3.95. The first-order chi connectivity index (χ1) is 14.6. The van der Waals surface area contributed by atoms with E-state index in [0.717, 1.165) is 22.0 Å². The van der Waals surface area contributed by atoms with Crippen LogP contribution < -0.4 is 24.3 Å². The van der Waals surface area contributed by atoms with E-state index in [1.807, 2.05) is 34.2 Å². The van der Waals surface area contributed by atoms with Crippen LogP contribution in [0.25, 0.3) is 16.2 Å². The molecule has 2 heterocycles. The topological polar surface area (TPSA) is 86.5 Å². The molecule has 8 nitrogen and oxygen atoms in total. The van der Waals surface area contributed by atoms with Crippen LogP contribution in [-0.2, 0) is 0 Å². The van der Waals surface area contributed by atoms with Gasteiger partial charge >= 0.3 is 0 Å². The van der Waals surface area contributed by atoms with Crippen molar-refractivity contribution in [2.45, 2.75) is 0 Å². The molecular weight excluding hydrogens is 406 g/mol. The number of hydrogen-bond acceptors (Lipinski definition) is 8. The van der Waals surface area contributed by atoms with Crippen LogP contribution >= 0.6 is 11.3 Å². The van der Waals surface area contributed by atoms with Crippen molar-refractivity contribution in [1.29, 1.82) is 0 Å². The Bertz CT molecular complexity index is 1180. The van der Waals surface area contributed by atoms with E-state index in [0.29, 0.717) is 28.7 Å². The zero-order valence-electron chi connectivity index (χ0n) is 16.9. The summed E-state index contributed by atoms with van der Waals surface area (Å²) in [5.41, 5.74) is 2.17. The number of anilines is 2. The standard InChI is InChI=1S/C21H21N3O5S/c1-26-15-6-5-12(9-14(15)25)18-20(24-7-8-30-21(24)23-18)22-13-10-16(27-2)19(29-4)17(11-13)28-3/h5-11,22,25H,1-4H3. The average molecular weight is 427 g/mol. The van der Waals surface area contributed by atoms with Gasteiger partial charge in [0.05, 0.1) is 28.4 Å². The third-order valence-corrected chi connectivity index (χ3v) is 5.40. The Balaban J connectivity index is 1.83. The van der Waals surface area contributed by atoms with Gasteiger partial charge < -0.3 is 29.4 Å². The molecule has 2 aromatic heterocycles. The van der Waals surface area contributed by atoms with Gasteiger partial charge in [-0.05, 0) is 18.2 Å². The van der Waals surface area contributed by atoms with Crippen LogP contribution in [0.1, 0.15) is 0 Å². The molecule has 9 heteroatoms. The lowest BCUT2D eigenvalue weighted by molar-refractivity contribution is 0.324. The lowest BCUT2D eigenvalue weighted by atomic mass is 10.1. The number of nitrogens with one attached hydrogen (secondary N) is 1. The zero-order chi connectivity index (χ0) is 21.3. The summed E-state index contributed by atoms with van der Waals surface area (Å²) in [6, 6.07) is 8.84. The van der Waals surface area contributed by atoms with E-state index < -0.39 is 0 Å². The highest BCUT2D eigenvalue weighted by molar-refractivity contribution is 7.15. The number of thiazole rings is 1. The number of rotatable bonds is 7. The Labute approximate surface area is 177 Å². The van der Waals surface area contributed by atoms with Crippen molar-refractivity contribution in [2.24, 2.45) is 0 Å². The average Bonchev–Trinajstić information content (AvgIpc) is 3.35. The normalized spacial score (nSPS) is 10.8. The van der Waals surface area contributed by atoms with Gasteiger partial charge in [-0.25, -0.2) is 4.98 Å². The Hall–Kier alpha value is -3.59. The molecule has 0 aliphatic rings. The lowest BCUT2D eigenvalue weighted by Crippen LogP contribution is -2.00. The Morgan fingerprint density at radius 2 is 1.63 bits per heavy atom. The van der Waals surface area contributed by atoms with Gasteiger partial charge in [0.25, 0.3) is 0 Å². The van der Waals surface area contributed by atoms with E-state index in [4.69, 9.17) is 23.9 Å². The number of nitrogens with zero attached hydrogens (tertiary/aromatic N) is 2. The Kier molecular flexibility index (Phi) is 5.28. The molecule has 0 spiro atoms. The molecule has 0 atom stereocenters. The third-order valence-electron chi connectivity index (χ3n) is 4.64. The molecule has 0 fully saturated rings. The largest absolute Gasteiger partial charge is 0.504 e. The molecule has 4 rings (SSSR count). The minimum atomic E-state index is 0.0464. The van der Waals surface area contributed by atoms with Crippen molar-refractivity contribution < 1.29 is 24.1 Å². The smallest absolute Gasteiger partial charge is 0.203 e.